The standard InChI is InChI=1S/C15H21ClN2O2/c1-3-17-14-7-4-11(16)10-13(14)15(19)18(8-9-20-2)12-5-6-12/h4,7,10,12,17H,3,5-6,8-9H2,1-2H3. The number of ether oxygens (including phenoxy) is 1. The number of nitrogens with one attached hydrogen (secondary N) is 1. The first-order chi connectivity index (χ1) is 9.67. The fraction of sp³-hybridized carbons (Fsp3) is 0.533. The number of rotatable bonds is 7. The first-order valence-corrected chi connectivity index (χ1v) is 7.38. The average Bonchev–Trinajstić information content (AvgIpc) is 3.26. The minimum absolute atomic E-state index is 0.0306. The van der Waals surface area contributed by atoms with Crippen LogP contribution in [0.1, 0.15) is 30.1 Å². The van der Waals surface area contributed by atoms with E-state index in [9.17, 15) is 4.79 Å². The maximum absolute atomic E-state index is 12.8. The zero-order valence-corrected chi connectivity index (χ0v) is 12.7. The lowest BCUT2D eigenvalue weighted by atomic mass is 10.1. The molecule has 0 heterocycles. The molecule has 0 spiro atoms. The van der Waals surface area contributed by atoms with Crippen LogP contribution in [0, 0.1) is 0 Å². The van der Waals surface area contributed by atoms with E-state index < -0.39 is 0 Å². The molecule has 1 aromatic carbocycles. The maximum Gasteiger partial charge on any atom is 0.256 e. The Morgan fingerprint density at radius 3 is 2.85 bits per heavy atom. The summed E-state index contributed by atoms with van der Waals surface area (Å²) in [5.41, 5.74) is 1.48. The van der Waals surface area contributed by atoms with Crippen molar-refractivity contribution >= 4 is 23.2 Å². The Hall–Kier alpha value is -1.26. The summed E-state index contributed by atoms with van der Waals surface area (Å²) < 4.78 is 5.10. The smallest absolute Gasteiger partial charge is 0.256 e. The molecule has 1 aliphatic rings. The number of halogens is 1. The van der Waals surface area contributed by atoms with Crippen LogP contribution < -0.4 is 5.32 Å². The van der Waals surface area contributed by atoms with E-state index in [0.717, 1.165) is 25.1 Å². The van der Waals surface area contributed by atoms with Gasteiger partial charge in [-0.25, -0.2) is 0 Å². The molecule has 1 aromatic rings. The van der Waals surface area contributed by atoms with Gasteiger partial charge in [-0.2, -0.15) is 0 Å². The lowest BCUT2D eigenvalue weighted by Gasteiger charge is -2.23. The highest BCUT2D eigenvalue weighted by molar-refractivity contribution is 6.31. The molecule has 1 aliphatic carbocycles. The maximum atomic E-state index is 12.8. The molecule has 4 nitrogen and oxygen atoms in total. The molecule has 1 fully saturated rings. The summed E-state index contributed by atoms with van der Waals surface area (Å²) in [4.78, 5) is 14.7. The largest absolute Gasteiger partial charge is 0.385 e. The Morgan fingerprint density at radius 1 is 1.50 bits per heavy atom. The number of nitrogens with zero attached hydrogens (tertiary/aromatic N) is 1. The molecule has 0 radical (unpaired) electrons. The van der Waals surface area contributed by atoms with Crippen LogP contribution in [0.2, 0.25) is 5.02 Å². The van der Waals surface area contributed by atoms with Gasteiger partial charge in [0.2, 0.25) is 0 Å². The predicted octanol–water partition coefficient (Wildman–Crippen LogP) is 3.02. The summed E-state index contributed by atoms with van der Waals surface area (Å²) in [6.45, 7) is 3.95. The third-order valence-corrected chi connectivity index (χ3v) is 3.60. The Morgan fingerprint density at radius 2 is 2.25 bits per heavy atom. The molecule has 1 N–H and O–H groups in total. The lowest BCUT2D eigenvalue weighted by Crippen LogP contribution is -2.36. The number of hydrogen-bond donors (Lipinski definition) is 1. The molecule has 1 amide bonds. The average molecular weight is 297 g/mol. The minimum Gasteiger partial charge on any atom is -0.385 e. The highest BCUT2D eigenvalue weighted by atomic mass is 35.5. The van der Waals surface area contributed by atoms with Crippen LogP contribution in [0.15, 0.2) is 18.2 Å². The Kier molecular flexibility index (Phi) is 5.26. The van der Waals surface area contributed by atoms with Crippen molar-refractivity contribution in [1.82, 2.24) is 4.90 Å². The molecule has 0 unspecified atom stereocenters. The van der Waals surface area contributed by atoms with Crippen molar-refractivity contribution in [3.63, 3.8) is 0 Å². The molecule has 5 heteroatoms. The van der Waals surface area contributed by atoms with Crippen molar-refractivity contribution in [2.75, 3.05) is 32.1 Å². The Labute approximate surface area is 125 Å². The summed E-state index contributed by atoms with van der Waals surface area (Å²) in [5, 5.41) is 3.80. The van der Waals surface area contributed by atoms with E-state index in [1.54, 1.807) is 19.2 Å². The third kappa shape index (κ3) is 3.64. The van der Waals surface area contributed by atoms with Gasteiger partial charge in [0.25, 0.3) is 5.91 Å². The van der Waals surface area contributed by atoms with Gasteiger partial charge in [-0.05, 0) is 38.0 Å². The third-order valence-electron chi connectivity index (χ3n) is 3.36. The molecule has 0 atom stereocenters. The SMILES string of the molecule is CCNc1ccc(Cl)cc1C(=O)N(CCOC)C1CC1. The molecule has 0 aromatic heterocycles. The van der Waals surface area contributed by atoms with Crippen molar-refractivity contribution in [2.45, 2.75) is 25.8 Å². The van der Waals surface area contributed by atoms with Crippen LogP contribution in [0.4, 0.5) is 5.69 Å². The second kappa shape index (κ2) is 6.95. The van der Waals surface area contributed by atoms with E-state index in [4.69, 9.17) is 16.3 Å². The molecule has 0 saturated heterocycles. The van der Waals surface area contributed by atoms with E-state index in [-0.39, 0.29) is 5.91 Å². The van der Waals surface area contributed by atoms with Gasteiger partial charge >= 0.3 is 0 Å². The van der Waals surface area contributed by atoms with E-state index in [1.807, 2.05) is 17.9 Å². The zero-order chi connectivity index (χ0) is 14.5. The number of amides is 1. The Bertz CT molecular complexity index is 475. The number of hydrogen-bond acceptors (Lipinski definition) is 3. The van der Waals surface area contributed by atoms with Crippen molar-refractivity contribution < 1.29 is 9.53 Å². The Balaban J connectivity index is 2.23. The van der Waals surface area contributed by atoms with Gasteiger partial charge < -0.3 is 15.0 Å². The van der Waals surface area contributed by atoms with Crippen LogP contribution >= 0.6 is 11.6 Å². The van der Waals surface area contributed by atoms with Crippen LogP contribution in [-0.4, -0.2) is 43.7 Å². The van der Waals surface area contributed by atoms with Gasteiger partial charge in [0, 0.05) is 37.0 Å². The summed E-state index contributed by atoms with van der Waals surface area (Å²) in [6.07, 6.45) is 2.15. The molecular formula is C15H21ClN2O2. The summed E-state index contributed by atoms with van der Waals surface area (Å²) in [5.74, 6) is 0.0306. The fourth-order valence-electron chi connectivity index (χ4n) is 2.22. The van der Waals surface area contributed by atoms with Gasteiger partial charge in [-0.3, -0.25) is 4.79 Å². The molecule has 110 valence electrons. The number of carbonyl (C=O) groups excluding carboxylic acids is 1. The van der Waals surface area contributed by atoms with Crippen LogP contribution in [0.5, 0.6) is 0 Å². The van der Waals surface area contributed by atoms with E-state index in [2.05, 4.69) is 5.32 Å². The van der Waals surface area contributed by atoms with Crippen molar-refractivity contribution in [3.8, 4) is 0 Å². The van der Waals surface area contributed by atoms with E-state index >= 15 is 0 Å². The van der Waals surface area contributed by atoms with Crippen LogP contribution in [-0.2, 0) is 4.74 Å². The lowest BCUT2D eigenvalue weighted by molar-refractivity contribution is 0.0681. The van der Waals surface area contributed by atoms with Crippen molar-refractivity contribution in [3.05, 3.63) is 28.8 Å². The summed E-state index contributed by atoms with van der Waals surface area (Å²) in [6, 6.07) is 5.75. The summed E-state index contributed by atoms with van der Waals surface area (Å²) >= 11 is 6.04. The highest BCUT2D eigenvalue weighted by Crippen LogP contribution is 2.30. The summed E-state index contributed by atoms with van der Waals surface area (Å²) in [7, 11) is 1.65. The second-order valence-corrected chi connectivity index (χ2v) is 5.38. The van der Waals surface area contributed by atoms with Crippen LogP contribution in [0.3, 0.4) is 0 Å². The number of carbonyl (C=O) groups is 1. The monoisotopic (exact) mass is 296 g/mol. The number of benzene rings is 1. The van der Waals surface area contributed by atoms with Crippen molar-refractivity contribution in [1.29, 1.82) is 0 Å². The fourth-order valence-corrected chi connectivity index (χ4v) is 2.39. The highest BCUT2D eigenvalue weighted by Gasteiger charge is 2.33. The molecular weight excluding hydrogens is 276 g/mol. The molecule has 2 rings (SSSR count). The molecule has 0 aliphatic heterocycles. The van der Waals surface area contributed by atoms with Crippen LogP contribution in [0.25, 0.3) is 0 Å². The predicted molar refractivity (Wildman–Crippen MR) is 81.6 cm³/mol. The second-order valence-electron chi connectivity index (χ2n) is 4.94. The first-order valence-electron chi connectivity index (χ1n) is 7.00. The minimum atomic E-state index is 0.0306. The van der Waals surface area contributed by atoms with Gasteiger partial charge in [-0.1, -0.05) is 11.6 Å². The normalized spacial score (nSPS) is 14.2. The quantitative estimate of drug-likeness (QED) is 0.841. The molecule has 20 heavy (non-hydrogen) atoms. The zero-order valence-electron chi connectivity index (χ0n) is 12.0. The van der Waals surface area contributed by atoms with Gasteiger partial charge in [-0.15, -0.1) is 0 Å². The van der Waals surface area contributed by atoms with E-state index in [0.29, 0.717) is 29.8 Å². The van der Waals surface area contributed by atoms with Gasteiger partial charge in [0.1, 0.15) is 0 Å². The van der Waals surface area contributed by atoms with Gasteiger partial charge in [0.15, 0.2) is 0 Å². The molecule has 0 bridgehead atoms. The number of anilines is 1. The topological polar surface area (TPSA) is 41.6 Å². The first kappa shape index (κ1) is 15.1. The van der Waals surface area contributed by atoms with Gasteiger partial charge in [0.05, 0.1) is 12.2 Å². The molecule has 1 saturated carbocycles. The number of methoxy groups -OCH3 is 1. The van der Waals surface area contributed by atoms with E-state index in [1.165, 1.54) is 0 Å². The van der Waals surface area contributed by atoms with Crippen molar-refractivity contribution in [2.24, 2.45) is 0 Å².